The lowest BCUT2D eigenvalue weighted by Crippen LogP contribution is -2.36. The summed E-state index contributed by atoms with van der Waals surface area (Å²) < 4.78 is 35.8. The highest BCUT2D eigenvalue weighted by Gasteiger charge is 2.46. The maximum Gasteiger partial charge on any atom is 0.475 e. The fraction of sp³-hybridized carbons (Fsp3) is 0.474. The topological polar surface area (TPSA) is 155 Å². The number of aliphatic hydroxyl groups excluding tert-OH is 2. The number of aromatic nitrogens is 2. The Morgan fingerprint density at radius 3 is 2.87 bits per heavy atom. The van der Waals surface area contributed by atoms with Crippen molar-refractivity contribution in [1.29, 1.82) is 0 Å². The van der Waals surface area contributed by atoms with E-state index in [2.05, 4.69) is 4.98 Å². The average Bonchev–Trinajstić information content (AvgIpc) is 3.01. The van der Waals surface area contributed by atoms with Gasteiger partial charge in [-0.2, -0.15) is 4.98 Å². The lowest BCUT2D eigenvalue weighted by Gasteiger charge is -2.30. The third kappa shape index (κ3) is 4.73. The van der Waals surface area contributed by atoms with Gasteiger partial charge in [0, 0.05) is 12.6 Å². The van der Waals surface area contributed by atoms with Crippen molar-refractivity contribution in [3.63, 3.8) is 0 Å². The molecule has 12 heteroatoms. The Bertz CT molecular complexity index is 1050. The minimum Gasteiger partial charge on any atom is -0.387 e. The summed E-state index contributed by atoms with van der Waals surface area (Å²) in [5, 5.41) is 20.6. The number of nitrogen functional groups attached to an aromatic ring is 1. The van der Waals surface area contributed by atoms with Gasteiger partial charge >= 0.3 is 13.5 Å². The summed E-state index contributed by atoms with van der Waals surface area (Å²) in [5.41, 5.74) is 6.62. The van der Waals surface area contributed by atoms with Crippen LogP contribution in [0.15, 0.2) is 41.3 Å². The van der Waals surface area contributed by atoms with Crippen LogP contribution in [0, 0.1) is 6.92 Å². The van der Waals surface area contributed by atoms with Crippen LogP contribution in [0.5, 0.6) is 0 Å². The zero-order valence-electron chi connectivity index (χ0n) is 16.7. The molecule has 0 spiro atoms. The normalized spacial score (nSPS) is 33.5. The first-order valence-corrected chi connectivity index (χ1v) is 11.2. The Balaban J connectivity index is 1.42. The van der Waals surface area contributed by atoms with Crippen LogP contribution in [0.25, 0.3) is 0 Å². The second-order valence-corrected chi connectivity index (χ2v) is 9.08. The van der Waals surface area contributed by atoms with Gasteiger partial charge in [-0.15, -0.1) is 0 Å². The molecule has 6 atom stereocenters. The van der Waals surface area contributed by atoms with Gasteiger partial charge in [-0.25, -0.2) is 9.36 Å². The molecule has 1 aromatic heterocycles. The monoisotopic (exact) mass is 453 g/mol. The van der Waals surface area contributed by atoms with Gasteiger partial charge in [-0.05, 0) is 18.6 Å². The lowest BCUT2D eigenvalue weighted by atomic mass is 10.0. The maximum atomic E-state index is 12.9. The van der Waals surface area contributed by atoms with E-state index >= 15 is 0 Å². The zero-order valence-corrected chi connectivity index (χ0v) is 17.6. The number of aryl methyl sites for hydroxylation is 1. The van der Waals surface area contributed by atoms with Crippen molar-refractivity contribution in [2.75, 3.05) is 18.9 Å². The summed E-state index contributed by atoms with van der Waals surface area (Å²) in [7, 11) is -3.93. The molecule has 4 rings (SSSR count). The minimum atomic E-state index is -3.93. The fourth-order valence-electron chi connectivity index (χ4n) is 3.56. The van der Waals surface area contributed by atoms with Gasteiger partial charge in [0.05, 0.1) is 19.3 Å². The van der Waals surface area contributed by atoms with E-state index < -0.39 is 44.2 Å². The van der Waals surface area contributed by atoms with Gasteiger partial charge in [0.1, 0.15) is 24.1 Å². The predicted octanol–water partition coefficient (Wildman–Crippen LogP) is 1.06. The number of rotatable bonds is 5. The summed E-state index contributed by atoms with van der Waals surface area (Å²) >= 11 is 0. The van der Waals surface area contributed by atoms with Gasteiger partial charge in [0.25, 0.3) is 0 Å². The first-order valence-electron chi connectivity index (χ1n) is 9.76. The number of ether oxygens (including phenoxy) is 1. The van der Waals surface area contributed by atoms with Crippen LogP contribution in [0.2, 0.25) is 0 Å². The largest absolute Gasteiger partial charge is 0.475 e. The summed E-state index contributed by atoms with van der Waals surface area (Å²) in [4.78, 5) is 15.6. The van der Waals surface area contributed by atoms with Crippen LogP contribution in [0.1, 0.15) is 29.9 Å². The molecule has 0 saturated carbocycles. The molecule has 2 aliphatic heterocycles. The van der Waals surface area contributed by atoms with Gasteiger partial charge in [0.2, 0.25) is 0 Å². The second kappa shape index (κ2) is 8.79. The highest BCUT2D eigenvalue weighted by molar-refractivity contribution is 7.48. The molecular formula is C19H24N3O8P. The van der Waals surface area contributed by atoms with Crippen molar-refractivity contribution in [3.8, 4) is 0 Å². The molecule has 0 aliphatic carbocycles. The molecule has 0 amide bonds. The third-order valence-electron chi connectivity index (χ3n) is 5.16. The van der Waals surface area contributed by atoms with Crippen molar-refractivity contribution >= 4 is 13.6 Å². The lowest BCUT2D eigenvalue weighted by molar-refractivity contribution is -0.0609. The highest BCUT2D eigenvalue weighted by Crippen LogP contribution is 2.57. The van der Waals surface area contributed by atoms with Crippen LogP contribution in [0.3, 0.4) is 0 Å². The minimum absolute atomic E-state index is 0.0158. The van der Waals surface area contributed by atoms with Gasteiger partial charge in [-0.1, -0.05) is 29.8 Å². The average molecular weight is 453 g/mol. The molecule has 11 nitrogen and oxygen atoms in total. The predicted molar refractivity (Wildman–Crippen MR) is 108 cm³/mol. The molecule has 2 saturated heterocycles. The third-order valence-corrected chi connectivity index (χ3v) is 6.64. The van der Waals surface area contributed by atoms with Crippen LogP contribution in [-0.4, -0.2) is 51.3 Å². The molecule has 168 valence electrons. The number of anilines is 1. The van der Waals surface area contributed by atoms with Crippen molar-refractivity contribution in [2.24, 2.45) is 0 Å². The number of phosphoric acid groups is 1. The van der Waals surface area contributed by atoms with E-state index in [1.54, 1.807) is 0 Å². The molecule has 0 bridgehead atoms. The molecule has 2 aromatic rings. The van der Waals surface area contributed by atoms with Crippen molar-refractivity contribution < 1.29 is 33.1 Å². The Labute approximate surface area is 178 Å². The fourth-order valence-corrected chi connectivity index (χ4v) is 4.95. The van der Waals surface area contributed by atoms with Crippen LogP contribution in [0.4, 0.5) is 5.82 Å². The molecular weight excluding hydrogens is 429 g/mol. The molecule has 31 heavy (non-hydrogen) atoms. The summed E-state index contributed by atoms with van der Waals surface area (Å²) in [6, 6.07) is 9.00. The number of benzene rings is 1. The van der Waals surface area contributed by atoms with E-state index in [1.807, 2.05) is 31.2 Å². The second-order valence-electron chi connectivity index (χ2n) is 7.46. The standard InChI is InChI=1S/C19H24N3O8P/c1-11-3-2-4-12(9-11)13-6-8-27-31(26,30-13)28-10-14-16(23)17(24)18(29-14)22-7-5-15(20)21-19(22)25/h2-5,7,9,13-14,16-18,23-24H,6,8,10H2,1H3,(H2,20,21,25)/t13-,14-,16-,17+,18-,31?/m1/s1. The summed E-state index contributed by atoms with van der Waals surface area (Å²) in [6.07, 6.45) is -3.79. The smallest absolute Gasteiger partial charge is 0.387 e. The molecule has 3 heterocycles. The number of nitrogens with zero attached hydrogens (tertiary/aromatic N) is 2. The molecule has 4 N–H and O–H groups in total. The molecule has 0 radical (unpaired) electrons. The number of hydrogen-bond acceptors (Lipinski definition) is 10. The first kappa shape index (κ1) is 22.1. The first-order chi connectivity index (χ1) is 14.8. The number of hydrogen-bond donors (Lipinski definition) is 3. The Morgan fingerprint density at radius 1 is 1.32 bits per heavy atom. The number of aliphatic hydroxyl groups is 2. The number of phosphoric ester groups is 1. The molecule has 1 unspecified atom stereocenters. The van der Waals surface area contributed by atoms with Gasteiger partial charge < -0.3 is 20.7 Å². The van der Waals surface area contributed by atoms with Crippen molar-refractivity contribution in [2.45, 2.75) is 44.0 Å². The van der Waals surface area contributed by atoms with E-state index in [9.17, 15) is 19.6 Å². The maximum absolute atomic E-state index is 12.9. The van der Waals surface area contributed by atoms with Gasteiger partial charge in [-0.3, -0.25) is 18.1 Å². The van der Waals surface area contributed by atoms with E-state index in [0.29, 0.717) is 6.42 Å². The molecule has 2 aliphatic rings. The van der Waals surface area contributed by atoms with Gasteiger partial charge in [0.15, 0.2) is 6.23 Å². The number of nitrogens with two attached hydrogens (primary N) is 1. The Kier molecular flexibility index (Phi) is 6.27. The SMILES string of the molecule is Cc1cccc([C@H]2CCOP(=O)(OC[C@H]3O[C@@H](n4ccc(N)nc4=O)[C@@H](O)[C@@H]3O)O2)c1. The summed E-state index contributed by atoms with van der Waals surface area (Å²) in [5.74, 6) is 0.0158. The Morgan fingerprint density at radius 2 is 2.13 bits per heavy atom. The van der Waals surface area contributed by atoms with Crippen LogP contribution >= 0.6 is 7.82 Å². The molecule has 1 aromatic carbocycles. The van der Waals surface area contributed by atoms with Crippen molar-refractivity contribution in [3.05, 3.63) is 58.1 Å². The quantitative estimate of drug-likeness (QED) is 0.560. The van der Waals surface area contributed by atoms with E-state index in [4.69, 9.17) is 24.0 Å². The van der Waals surface area contributed by atoms with E-state index in [0.717, 1.165) is 15.7 Å². The van der Waals surface area contributed by atoms with Crippen LogP contribution < -0.4 is 11.4 Å². The summed E-state index contributed by atoms with van der Waals surface area (Å²) in [6.45, 7) is 1.73. The van der Waals surface area contributed by atoms with Crippen LogP contribution in [-0.2, 0) is 22.9 Å². The van der Waals surface area contributed by atoms with E-state index in [1.165, 1.54) is 12.3 Å². The highest BCUT2D eigenvalue weighted by atomic mass is 31.2. The Hall–Kier alpha value is -2.11. The molecule has 2 fully saturated rings. The zero-order chi connectivity index (χ0) is 22.2. The van der Waals surface area contributed by atoms with Crippen molar-refractivity contribution in [1.82, 2.24) is 9.55 Å². The van der Waals surface area contributed by atoms with E-state index in [-0.39, 0.29) is 19.0 Å².